The first-order valence-electron chi connectivity index (χ1n) is 8.18. The number of ether oxygens (including phenoxy) is 2. The molecule has 2 aromatic rings. The van der Waals surface area contributed by atoms with E-state index >= 15 is 0 Å². The van der Waals surface area contributed by atoms with E-state index < -0.39 is 0 Å². The van der Waals surface area contributed by atoms with E-state index in [0.29, 0.717) is 26.1 Å². The molecule has 0 unspecified atom stereocenters. The number of nitrogens with zero attached hydrogens (tertiary/aromatic N) is 2. The number of carbonyl (C=O) groups is 1. The molecule has 0 aliphatic rings. The van der Waals surface area contributed by atoms with Crippen molar-refractivity contribution in [2.75, 3.05) is 31.7 Å². The van der Waals surface area contributed by atoms with Crippen LogP contribution < -0.4 is 9.64 Å². The fourth-order valence-corrected chi connectivity index (χ4v) is 2.23. The van der Waals surface area contributed by atoms with Crippen LogP contribution in [0.3, 0.4) is 0 Å². The molecule has 1 heterocycles. The van der Waals surface area contributed by atoms with E-state index in [2.05, 4.69) is 4.98 Å². The van der Waals surface area contributed by atoms with Gasteiger partial charge < -0.3 is 14.4 Å². The van der Waals surface area contributed by atoms with Gasteiger partial charge in [0.1, 0.15) is 18.2 Å². The van der Waals surface area contributed by atoms with Gasteiger partial charge in [-0.3, -0.25) is 4.79 Å². The lowest BCUT2D eigenvalue weighted by Crippen LogP contribution is -2.24. The van der Waals surface area contributed by atoms with Gasteiger partial charge in [-0.15, -0.1) is 0 Å². The monoisotopic (exact) mass is 328 g/mol. The number of pyridine rings is 1. The average molecular weight is 328 g/mol. The van der Waals surface area contributed by atoms with Crippen LogP contribution in [0.15, 0.2) is 48.7 Å². The number of aromatic nitrogens is 1. The van der Waals surface area contributed by atoms with Crippen molar-refractivity contribution in [1.29, 1.82) is 0 Å². The van der Waals surface area contributed by atoms with Crippen LogP contribution in [-0.2, 0) is 16.0 Å². The molecule has 0 aliphatic carbocycles. The van der Waals surface area contributed by atoms with E-state index in [4.69, 9.17) is 9.47 Å². The summed E-state index contributed by atoms with van der Waals surface area (Å²) in [7, 11) is 1.99. The molecule has 5 heteroatoms. The number of likely N-dealkylation sites (N-methyl/N-ethyl adjacent to an activating group) is 1. The number of hydrogen-bond acceptors (Lipinski definition) is 5. The van der Waals surface area contributed by atoms with Crippen LogP contribution in [0.25, 0.3) is 0 Å². The highest BCUT2D eigenvalue weighted by Crippen LogP contribution is 2.14. The summed E-state index contributed by atoms with van der Waals surface area (Å²) in [5.74, 6) is 1.59. The Hall–Kier alpha value is -2.56. The maximum absolute atomic E-state index is 11.3. The maximum atomic E-state index is 11.3. The minimum Gasteiger partial charge on any atom is -0.492 e. The summed E-state index contributed by atoms with van der Waals surface area (Å²) < 4.78 is 10.7. The lowest BCUT2D eigenvalue weighted by Gasteiger charge is -2.18. The van der Waals surface area contributed by atoms with Crippen LogP contribution >= 0.6 is 0 Å². The van der Waals surface area contributed by atoms with Crippen LogP contribution in [-0.4, -0.2) is 37.8 Å². The Balaban J connectivity index is 1.73. The number of anilines is 1. The van der Waals surface area contributed by atoms with Crippen molar-refractivity contribution >= 4 is 11.8 Å². The Morgan fingerprint density at radius 3 is 2.62 bits per heavy atom. The first-order valence-corrected chi connectivity index (χ1v) is 8.18. The quantitative estimate of drug-likeness (QED) is 0.662. The standard InChI is InChI=1S/C19H24N2O3/c1-3-23-19(22)12-9-16-7-10-17(11-8-16)24-15-14-21(2)18-6-4-5-13-20-18/h4-8,10-11,13H,3,9,12,14-15H2,1-2H3. The zero-order chi connectivity index (χ0) is 17.2. The van der Waals surface area contributed by atoms with Gasteiger partial charge in [-0.2, -0.15) is 0 Å². The molecule has 0 saturated heterocycles. The lowest BCUT2D eigenvalue weighted by molar-refractivity contribution is -0.143. The van der Waals surface area contributed by atoms with Gasteiger partial charge in [0.05, 0.1) is 13.2 Å². The largest absolute Gasteiger partial charge is 0.492 e. The second kappa shape index (κ2) is 9.55. The predicted octanol–water partition coefficient (Wildman–Crippen LogP) is 3.09. The molecule has 0 saturated carbocycles. The molecule has 0 fully saturated rings. The molecule has 24 heavy (non-hydrogen) atoms. The normalized spacial score (nSPS) is 10.2. The number of hydrogen-bond donors (Lipinski definition) is 0. The molecule has 1 aromatic heterocycles. The van der Waals surface area contributed by atoms with Gasteiger partial charge in [-0.1, -0.05) is 18.2 Å². The van der Waals surface area contributed by atoms with Crippen molar-refractivity contribution in [2.24, 2.45) is 0 Å². The van der Waals surface area contributed by atoms with E-state index in [1.54, 1.807) is 6.20 Å². The van der Waals surface area contributed by atoms with Crippen molar-refractivity contribution in [3.05, 3.63) is 54.2 Å². The molecule has 0 spiro atoms. The maximum Gasteiger partial charge on any atom is 0.306 e. The van der Waals surface area contributed by atoms with E-state index in [0.717, 1.165) is 23.7 Å². The fraction of sp³-hybridized carbons (Fsp3) is 0.368. The van der Waals surface area contributed by atoms with Gasteiger partial charge in [0.15, 0.2) is 0 Å². The van der Waals surface area contributed by atoms with Crippen LogP contribution in [0.1, 0.15) is 18.9 Å². The van der Waals surface area contributed by atoms with Crippen molar-refractivity contribution in [3.8, 4) is 5.75 Å². The van der Waals surface area contributed by atoms with E-state index in [1.165, 1.54) is 0 Å². The third-order valence-electron chi connectivity index (χ3n) is 3.58. The van der Waals surface area contributed by atoms with Crippen molar-refractivity contribution in [3.63, 3.8) is 0 Å². The highest BCUT2D eigenvalue weighted by Gasteiger charge is 2.04. The summed E-state index contributed by atoms with van der Waals surface area (Å²) in [6.07, 6.45) is 2.87. The minimum atomic E-state index is -0.157. The van der Waals surface area contributed by atoms with Gasteiger partial charge in [-0.05, 0) is 43.2 Å². The summed E-state index contributed by atoms with van der Waals surface area (Å²) in [6, 6.07) is 13.7. The molecule has 0 aliphatic heterocycles. The molecule has 0 amide bonds. The number of carbonyl (C=O) groups excluding carboxylic acids is 1. The second-order valence-corrected chi connectivity index (χ2v) is 5.41. The zero-order valence-corrected chi connectivity index (χ0v) is 14.3. The van der Waals surface area contributed by atoms with Gasteiger partial charge in [0, 0.05) is 19.7 Å². The molecule has 2 rings (SSSR count). The van der Waals surface area contributed by atoms with E-state index in [-0.39, 0.29) is 5.97 Å². The average Bonchev–Trinajstić information content (AvgIpc) is 2.62. The zero-order valence-electron chi connectivity index (χ0n) is 14.3. The van der Waals surface area contributed by atoms with Crippen LogP contribution in [0, 0.1) is 0 Å². The SMILES string of the molecule is CCOC(=O)CCc1ccc(OCCN(C)c2ccccn2)cc1. The van der Waals surface area contributed by atoms with Gasteiger partial charge in [0.25, 0.3) is 0 Å². The van der Waals surface area contributed by atoms with Gasteiger partial charge in [0.2, 0.25) is 0 Å². The highest BCUT2D eigenvalue weighted by atomic mass is 16.5. The molecule has 0 bridgehead atoms. The summed E-state index contributed by atoms with van der Waals surface area (Å²) in [4.78, 5) is 17.7. The van der Waals surface area contributed by atoms with Crippen molar-refractivity contribution in [1.82, 2.24) is 4.98 Å². The molecular weight excluding hydrogens is 304 g/mol. The summed E-state index contributed by atoms with van der Waals surface area (Å²) >= 11 is 0. The van der Waals surface area contributed by atoms with Crippen LogP contribution in [0.2, 0.25) is 0 Å². The number of rotatable bonds is 9. The number of esters is 1. The molecule has 1 aromatic carbocycles. The topological polar surface area (TPSA) is 51.7 Å². The Morgan fingerprint density at radius 2 is 1.96 bits per heavy atom. The molecule has 128 valence electrons. The summed E-state index contributed by atoms with van der Waals surface area (Å²) in [6.45, 7) is 3.57. The van der Waals surface area contributed by atoms with Crippen LogP contribution in [0.5, 0.6) is 5.75 Å². The van der Waals surface area contributed by atoms with Crippen molar-refractivity contribution in [2.45, 2.75) is 19.8 Å². The lowest BCUT2D eigenvalue weighted by atomic mass is 10.1. The van der Waals surface area contributed by atoms with E-state index in [1.807, 2.05) is 61.3 Å². The molecule has 0 N–H and O–H groups in total. The minimum absolute atomic E-state index is 0.157. The third kappa shape index (κ3) is 5.91. The molecule has 0 radical (unpaired) electrons. The molecule has 0 atom stereocenters. The fourth-order valence-electron chi connectivity index (χ4n) is 2.23. The molecule has 5 nitrogen and oxygen atoms in total. The number of benzene rings is 1. The first-order chi connectivity index (χ1) is 11.7. The smallest absolute Gasteiger partial charge is 0.306 e. The van der Waals surface area contributed by atoms with Gasteiger partial charge in [-0.25, -0.2) is 4.98 Å². The third-order valence-corrected chi connectivity index (χ3v) is 3.58. The Labute approximate surface area is 143 Å². The number of aryl methyl sites for hydroxylation is 1. The summed E-state index contributed by atoms with van der Waals surface area (Å²) in [5, 5.41) is 0. The Kier molecular flexibility index (Phi) is 7.08. The van der Waals surface area contributed by atoms with Gasteiger partial charge >= 0.3 is 5.97 Å². The first kappa shape index (κ1) is 17.8. The highest BCUT2D eigenvalue weighted by molar-refractivity contribution is 5.69. The van der Waals surface area contributed by atoms with Crippen molar-refractivity contribution < 1.29 is 14.3 Å². The van der Waals surface area contributed by atoms with E-state index in [9.17, 15) is 4.79 Å². The Bertz CT molecular complexity index is 614. The molecular formula is C19H24N2O3. The van der Waals surface area contributed by atoms with Crippen LogP contribution in [0.4, 0.5) is 5.82 Å². The summed E-state index contributed by atoms with van der Waals surface area (Å²) in [5.41, 5.74) is 1.10. The second-order valence-electron chi connectivity index (χ2n) is 5.41. The predicted molar refractivity (Wildman–Crippen MR) is 94.4 cm³/mol. The Morgan fingerprint density at radius 1 is 1.17 bits per heavy atom.